The van der Waals surface area contributed by atoms with Crippen molar-refractivity contribution >= 4 is 35.0 Å². The van der Waals surface area contributed by atoms with Gasteiger partial charge in [-0.05, 0) is 59.1 Å². The van der Waals surface area contributed by atoms with Crippen molar-refractivity contribution in [3.05, 3.63) is 108 Å². The summed E-state index contributed by atoms with van der Waals surface area (Å²) in [5.74, 6) is -1.45. The molecule has 4 atom stereocenters. The highest BCUT2D eigenvalue weighted by Crippen LogP contribution is 2.41. The van der Waals surface area contributed by atoms with Crippen molar-refractivity contribution in [3.63, 3.8) is 0 Å². The van der Waals surface area contributed by atoms with Crippen LogP contribution in [0.2, 0.25) is 0 Å². The van der Waals surface area contributed by atoms with Gasteiger partial charge in [0.05, 0.1) is 11.4 Å². The van der Waals surface area contributed by atoms with Crippen LogP contribution in [0.3, 0.4) is 0 Å². The molecule has 2 heterocycles. The van der Waals surface area contributed by atoms with Gasteiger partial charge < -0.3 is 25.2 Å². The molecule has 0 saturated heterocycles. The number of rotatable bonds is 10. The van der Waals surface area contributed by atoms with Crippen LogP contribution in [0.5, 0.6) is 0 Å². The monoisotopic (exact) mass is 686 g/mol. The SMILES string of the molecule is CC(C)CC(OC(CC(C)C)C(=O)NC1C(=O)N(C)c2ccccc2-c2ccccc21)C(=O)NC1C(=O)N(C)c2ccccc2-c2ccccc21. The molecule has 0 spiro atoms. The smallest absolute Gasteiger partial charge is 0.253 e. The van der Waals surface area contributed by atoms with Gasteiger partial charge >= 0.3 is 0 Å². The van der Waals surface area contributed by atoms with E-state index in [4.69, 9.17) is 4.74 Å². The van der Waals surface area contributed by atoms with Gasteiger partial charge in [-0.25, -0.2) is 0 Å². The molecule has 4 aromatic rings. The summed E-state index contributed by atoms with van der Waals surface area (Å²) < 4.78 is 6.49. The molecule has 4 unspecified atom stereocenters. The summed E-state index contributed by atoms with van der Waals surface area (Å²) in [5.41, 5.74) is 6.37. The number of nitrogens with one attached hydrogen (secondary N) is 2. The maximum atomic E-state index is 14.3. The highest BCUT2D eigenvalue weighted by atomic mass is 16.5. The van der Waals surface area contributed by atoms with Crippen molar-refractivity contribution in [1.82, 2.24) is 10.6 Å². The maximum Gasteiger partial charge on any atom is 0.253 e. The fraction of sp³-hybridized carbons (Fsp3) is 0.333. The van der Waals surface area contributed by atoms with E-state index in [1.807, 2.05) is 125 Å². The van der Waals surface area contributed by atoms with Gasteiger partial charge in [0, 0.05) is 25.2 Å². The van der Waals surface area contributed by atoms with E-state index in [1.165, 1.54) is 0 Å². The van der Waals surface area contributed by atoms with Gasteiger partial charge in [0.2, 0.25) is 11.8 Å². The lowest BCUT2D eigenvalue weighted by Gasteiger charge is -2.30. The van der Waals surface area contributed by atoms with Gasteiger partial charge in [-0.3, -0.25) is 19.2 Å². The van der Waals surface area contributed by atoms with Gasteiger partial charge in [-0.15, -0.1) is 0 Å². The van der Waals surface area contributed by atoms with Crippen LogP contribution in [0, 0.1) is 11.8 Å². The zero-order valence-corrected chi connectivity index (χ0v) is 30.1. The second kappa shape index (κ2) is 14.9. The fourth-order valence-electron chi connectivity index (χ4n) is 7.12. The van der Waals surface area contributed by atoms with Gasteiger partial charge in [-0.2, -0.15) is 0 Å². The molecule has 2 N–H and O–H groups in total. The Morgan fingerprint density at radius 3 is 1.27 bits per heavy atom. The summed E-state index contributed by atoms with van der Waals surface area (Å²) in [5, 5.41) is 6.02. The van der Waals surface area contributed by atoms with Crippen LogP contribution < -0.4 is 20.4 Å². The van der Waals surface area contributed by atoms with Gasteiger partial charge in [0.1, 0.15) is 24.3 Å². The van der Waals surface area contributed by atoms with Crippen LogP contribution in [0.1, 0.15) is 63.7 Å². The third kappa shape index (κ3) is 7.17. The Morgan fingerprint density at radius 2 is 0.902 bits per heavy atom. The molecule has 0 aromatic heterocycles. The summed E-state index contributed by atoms with van der Waals surface area (Å²) in [6.45, 7) is 7.91. The maximum absolute atomic E-state index is 14.3. The number of fused-ring (bicyclic) bond motifs is 6. The molecule has 9 heteroatoms. The van der Waals surface area contributed by atoms with Crippen LogP contribution in [-0.2, 0) is 23.9 Å². The molecule has 4 aromatic carbocycles. The zero-order chi connectivity index (χ0) is 36.4. The summed E-state index contributed by atoms with van der Waals surface area (Å²) in [7, 11) is 3.42. The molecule has 2 aliphatic rings. The summed E-state index contributed by atoms with van der Waals surface area (Å²) in [6, 6.07) is 28.6. The Kier molecular flexibility index (Phi) is 10.4. The van der Waals surface area contributed by atoms with Crippen molar-refractivity contribution in [2.75, 3.05) is 23.9 Å². The number of para-hydroxylation sites is 2. The molecular weight excluding hydrogens is 640 g/mol. The number of hydrogen-bond acceptors (Lipinski definition) is 5. The zero-order valence-electron chi connectivity index (χ0n) is 30.1. The van der Waals surface area contributed by atoms with Gasteiger partial charge in [-0.1, -0.05) is 113 Å². The molecule has 0 aliphatic carbocycles. The van der Waals surface area contributed by atoms with Crippen molar-refractivity contribution in [2.45, 2.75) is 64.8 Å². The third-order valence-electron chi connectivity index (χ3n) is 9.67. The lowest BCUT2D eigenvalue weighted by molar-refractivity contribution is -0.151. The minimum atomic E-state index is -1.04. The number of carbonyl (C=O) groups excluding carboxylic acids is 4. The number of amides is 4. The van der Waals surface area contributed by atoms with Crippen molar-refractivity contribution in [3.8, 4) is 22.3 Å². The molecule has 51 heavy (non-hydrogen) atoms. The van der Waals surface area contributed by atoms with E-state index in [0.717, 1.165) is 33.6 Å². The highest BCUT2D eigenvalue weighted by Gasteiger charge is 2.39. The van der Waals surface area contributed by atoms with E-state index in [9.17, 15) is 19.2 Å². The number of benzene rings is 4. The van der Waals surface area contributed by atoms with Crippen LogP contribution in [0.15, 0.2) is 97.1 Å². The second-order valence-corrected chi connectivity index (χ2v) is 14.3. The minimum Gasteiger partial charge on any atom is -0.355 e. The Labute approximate surface area is 300 Å². The lowest BCUT2D eigenvalue weighted by atomic mass is 9.94. The van der Waals surface area contributed by atoms with Crippen molar-refractivity contribution in [1.29, 1.82) is 0 Å². The minimum absolute atomic E-state index is 0.0371. The molecule has 6 rings (SSSR count). The van der Waals surface area contributed by atoms with Crippen LogP contribution in [0.25, 0.3) is 22.3 Å². The first-order valence-corrected chi connectivity index (χ1v) is 17.6. The molecule has 0 radical (unpaired) electrons. The Hall–Kier alpha value is -5.28. The normalized spacial score (nSPS) is 17.8. The van der Waals surface area contributed by atoms with Crippen molar-refractivity contribution < 1.29 is 23.9 Å². The Bertz CT molecular complexity index is 1820. The highest BCUT2D eigenvalue weighted by molar-refractivity contribution is 6.07. The molecule has 2 aliphatic heterocycles. The molecule has 0 fully saturated rings. The number of hydrogen-bond donors (Lipinski definition) is 2. The Morgan fingerprint density at radius 1 is 0.569 bits per heavy atom. The first kappa shape index (κ1) is 35.5. The third-order valence-corrected chi connectivity index (χ3v) is 9.67. The van der Waals surface area contributed by atoms with Crippen LogP contribution >= 0.6 is 0 Å². The number of carbonyl (C=O) groups is 4. The van der Waals surface area contributed by atoms with E-state index in [0.29, 0.717) is 24.0 Å². The average molecular weight is 687 g/mol. The standard InChI is InChI=1S/C42H46N4O5/c1-25(2)23-35(39(47)43-37-31-19-9-7-15-27(31)29-17-11-13-21-33(29)45(5)41(37)49)51-36(24-26(3)4)40(48)44-38-32-20-10-8-16-28(32)30-18-12-14-22-34(30)46(6)42(38)50/h7-22,25-26,35-38H,23-24H2,1-6H3,(H,43,47)(H,44,48). The van der Waals surface area contributed by atoms with Crippen molar-refractivity contribution in [2.24, 2.45) is 11.8 Å². The molecular formula is C42H46N4O5. The number of anilines is 2. The van der Waals surface area contributed by atoms with Crippen LogP contribution in [0.4, 0.5) is 11.4 Å². The lowest BCUT2D eigenvalue weighted by Crippen LogP contribution is -2.49. The number of nitrogens with zero attached hydrogens (tertiary/aromatic N) is 2. The first-order chi connectivity index (χ1) is 24.5. The van der Waals surface area contributed by atoms with E-state index in [1.54, 1.807) is 23.9 Å². The first-order valence-electron chi connectivity index (χ1n) is 17.6. The van der Waals surface area contributed by atoms with E-state index in [2.05, 4.69) is 10.6 Å². The predicted octanol–water partition coefficient (Wildman–Crippen LogP) is 6.83. The average Bonchev–Trinajstić information content (AvgIpc) is 3.27. The van der Waals surface area contributed by atoms with E-state index in [-0.39, 0.29) is 23.7 Å². The topological polar surface area (TPSA) is 108 Å². The predicted molar refractivity (Wildman–Crippen MR) is 200 cm³/mol. The summed E-state index contributed by atoms with van der Waals surface area (Å²) in [6.07, 6.45) is -1.45. The van der Waals surface area contributed by atoms with Gasteiger partial charge in [0.15, 0.2) is 0 Å². The second-order valence-electron chi connectivity index (χ2n) is 14.3. The molecule has 4 amide bonds. The fourth-order valence-corrected chi connectivity index (χ4v) is 7.12. The Balaban J connectivity index is 1.29. The molecule has 264 valence electrons. The quantitative estimate of drug-likeness (QED) is 0.190. The number of likely N-dealkylation sites (N-methyl/N-ethyl adjacent to an activating group) is 2. The van der Waals surface area contributed by atoms with E-state index >= 15 is 0 Å². The summed E-state index contributed by atoms with van der Waals surface area (Å²) in [4.78, 5) is 59.6. The molecule has 0 bridgehead atoms. The van der Waals surface area contributed by atoms with Crippen LogP contribution in [-0.4, -0.2) is 49.9 Å². The molecule has 9 nitrogen and oxygen atoms in total. The number of ether oxygens (including phenoxy) is 1. The molecule has 0 saturated carbocycles. The van der Waals surface area contributed by atoms with Gasteiger partial charge in [0.25, 0.3) is 11.8 Å². The summed E-state index contributed by atoms with van der Waals surface area (Å²) >= 11 is 0. The largest absolute Gasteiger partial charge is 0.355 e. The van der Waals surface area contributed by atoms with E-state index < -0.39 is 36.1 Å².